The number of aryl methyl sites for hydroxylation is 2. The molecule has 1 aromatic carbocycles. The van der Waals surface area contributed by atoms with Gasteiger partial charge < -0.3 is 15.2 Å². The molecule has 7 heteroatoms. The Morgan fingerprint density at radius 3 is 2.85 bits per heavy atom. The Morgan fingerprint density at radius 2 is 2.00 bits per heavy atom. The molecule has 0 bridgehead atoms. The predicted octanol–water partition coefficient (Wildman–Crippen LogP) is 4.62. The molecule has 0 unspecified atom stereocenters. The van der Waals surface area contributed by atoms with E-state index in [9.17, 15) is 0 Å². The SMILES string of the molecule is Cc1cncc(-c2cc(N[C@@H]3CCc4[nH]c5ccccc5c4C3)n3ncc(N(C)C)c3n2)c1. The van der Waals surface area contributed by atoms with Crippen molar-refractivity contribution in [1.82, 2.24) is 24.6 Å². The Balaban J connectivity index is 1.41. The summed E-state index contributed by atoms with van der Waals surface area (Å²) in [5.74, 6) is 0.956. The maximum atomic E-state index is 4.96. The fraction of sp³-hybridized carbons (Fsp3) is 0.269. The average molecular weight is 438 g/mol. The van der Waals surface area contributed by atoms with Crippen LogP contribution in [0, 0.1) is 6.92 Å². The molecule has 7 nitrogen and oxygen atoms in total. The molecule has 0 spiro atoms. The lowest BCUT2D eigenvalue weighted by Crippen LogP contribution is -2.28. The largest absolute Gasteiger partial charge is 0.373 e. The molecule has 1 aliphatic rings. The van der Waals surface area contributed by atoms with E-state index in [2.05, 4.69) is 68.6 Å². The number of anilines is 2. The summed E-state index contributed by atoms with van der Waals surface area (Å²) in [5, 5.41) is 9.81. The molecular weight excluding hydrogens is 410 g/mol. The second kappa shape index (κ2) is 7.62. The van der Waals surface area contributed by atoms with Crippen LogP contribution in [-0.4, -0.2) is 44.7 Å². The molecule has 0 saturated heterocycles. The first-order valence-electron chi connectivity index (χ1n) is 11.4. The van der Waals surface area contributed by atoms with Gasteiger partial charge in [-0.05, 0) is 49.4 Å². The predicted molar refractivity (Wildman–Crippen MR) is 133 cm³/mol. The monoisotopic (exact) mass is 437 g/mol. The first kappa shape index (κ1) is 19.8. The number of rotatable bonds is 4. The van der Waals surface area contributed by atoms with Crippen molar-refractivity contribution in [3.8, 4) is 11.3 Å². The number of H-pyrrole nitrogens is 1. The van der Waals surface area contributed by atoms with Gasteiger partial charge >= 0.3 is 0 Å². The lowest BCUT2D eigenvalue weighted by atomic mass is 9.91. The molecule has 0 aliphatic heterocycles. The Bertz CT molecular complexity index is 1480. The Labute approximate surface area is 192 Å². The first-order valence-corrected chi connectivity index (χ1v) is 11.4. The molecule has 0 fully saturated rings. The summed E-state index contributed by atoms with van der Waals surface area (Å²) in [5.41, 5.74) is 8.87. The summed E-state index contributed by atoms with van der Waals surface area (Å²) in [6.45, 7) is 2.05. The summed E-state index contributed by atoms with van der Waals surface area (Å²) < 4.78 is 1.92. The highest BCUT2D eigenvalue weighted by Crippen LogP contribution is 2.32. The van der Waals surface area contributed by atoms with Crippen molar-refractivity contribution < 1.29 is 0 Å². The van der Waals surface area contributed by atoms with E-state index in [4.69, 9.17) is 4.98 Å². The third-order valence-electron chi connectivity index (χ3n) is 6.55. The minimum absolute atomic E-state index is 0.317. The van der Waals surface area contributed by atoms with E-state index in [0.29, 0.717) is 6.04 Å². The van der Waals surface area contributed by atoms with Gasteiger partial charge in [0.05, 0.1) is 11.9 Å². The molecule has 1 aliphatic carbocycles. The summed E-state index contributed by atoms with van der Waals surface area (Å²) in [7, 11) is 4.04. The third kappa shape index (κ3) is 3.40. The van der Waals surface area contributed by atoms with Gasteiger partial charge in [-0.25, -0.2) is 4.98 Å². The van der Waals surface area contributed by atoms with Crippen molar-refractivity contribution in [2.75, 3.05) is 24.3 Å². The van der Waals surface area contributed by atoms with E-state index >= 15 is 0 Å². The zero-order chi connectivity index (χ0) is 22.5. The van der Waals surface area contributed by atoms with Crippen molar-refractivity contribution in [3.05, 3.63) is 71.8 Å². The third-order valence-corrected chi connectivity index (χ3v) is 6.55. The summed E-state index contributed by atoms with van der Waals surface area (Å²) >= 11 is 0. The highest BCUT2D eigenvalue weighted by atomic mass is 15.3. The Hall–Kier alpha value is -3.87. The number of hydrogen-bond donors (Lipinski definition) is 2. The highest BCUT2D eigenvalue weighted by Gasteiger charge is 2.24. The quantitative estimate of drug-likeness (QED) is 0.429. The van der Waals surface area contributed by atoms with E-state index in [1.807, 2.05) is 37.2 Å². The van der Waals surface area contributed by atoms with Gasteiger partial charge in [0.15, 0.2) is 5.65 Å². The van der Waals surface area contributed by atoms with Crippen LogP contribution in [-0.2, 0) is 12.8 Å². The number of para-hydroxylation sites is 1. The van der Waals surface area contributed by atoms with Crippen molar-refractivity contribution in [1.29, 1.82) is 0 Å². The van der Waals surface area contributed by atoms with Crippen LogP contribution in [0.1, 0.15) is 23.2 Å². The number of nitrogens with one attached hydrogen (secondary N) is 2. The molecule has 0 saturated carbocycles. The normalized spacial score (nSPS) is 15.7. The fourth-order valence-electron chi connectivity index (χ4n) is 4.91. The van der Waals surface area contributed by atoms with Gasteiger partial charge in [-0.3, -0.25) is 4.98 Å². The Kier molecular flexibility index (Phi) is 4.57. The lowest BCUT2D eigenvalue weighted by molar-refractivity contribution is 0.603. The van der Waals surface area contributed by atoms with Crippen molar-refractivity contribution in [3.63, 3.8) is 0 Å². The number of nitrogens with zero attached hydrogens (tertiary/aromatic N) is 5. The van der Waals surface area contributed by atoms with Crippen LogP contribution in [0.5, 0.6) is 0 Å². The minimum Gasteiger partial charge on any atom is -0.373 e. The van der Waals surface area contributed by atoms with E-state index < -0.39 is 0 Å². The molecule has 0 amide bonds. The maximum Gasteiger partial charge on any atom is 0.181 e. The van der Waals surface area contributed by atoms with Crippen LogP contribution in [0.25, 0.3) is 27.8 Å². The molecule has 166 valence electrons. The van der Waals surface area contributed by atoms with Gasteiger partial charge in [0, 0.05) is 60.8 Å². The number of fused-ring (bicyclic) bond motifs is 4. The molecule has 33 heavy (non-hydrogen) atoms. The number of aromatic nitrogens is 5. The molecule has 4 heterocycles. The second-order valence-corrected chi connectivity index (χ2v) is 9.15. The summed E-state index contributed by atoms with van der Waals surface area (Å²) in [4.78, 5) is 15.0. The van der Waals surface area contributed by atoms with Gasteiger partial charge in [0.2, 0.25) is 0 Å². The van der Waals surface area contributed by atoms with Crippen molar-refractivity contribution >= 4 is 28.1 Å². The van der Waals surface area contributed by atoms with Crippen LogP contribution >= 0.6 is 0 Å². The van der Waals surface area contributed by atoms with Gasteiger partial charge in [0.1, 0.15) is 11.5 Å². The second-order valence-electron chi connectivity index (χ2n) is 9.15. The summed E-state index contributed by atoms with van der Waals surface area (Å²) in [6.07, 6.45) is 8.70. The zero-order valence-electron chi connectivity index (χ0n) is 19.1. The standard InChI is InChI=1S/C26H27N7/c1-16-10-17(14-27-13-16)23-12-25(33-26(31-23)24(15-28-33)32(2)3)29-18-8-9-22-20(11-18)19-6-4-5-7-21(19)30-22/h4-7,10,12-15,18,29-30H,8-9,11H2,1-3H3/t18-/m1/s1. The highest BCUT2D eigenvalue weighted by molar-refractivity contribution is 5.85. The van der Waals surface area contributed by atoms with Crippen LogP contribution in [0.2, 0.25) is 0 Å². The van der Waals surface area contributed by atoms with E-state index in [0.717, 1.165) is 53.2 Å². The first-order chi connectivity index (χ1) is 16.1. The molecular formula is C26H27N7. The molecule has 0 radical (unpaired) electrons. The van der Waals surface area contributed by atoms with Crippen LogP contribution in [0.3, 0.4) is 0 Å². The Morgan fingerprint density at radius 1 is 1.12 bits per heavy atom. The van der Waals surface area contributed by atoms with Crippen LogP contribution in [0.15, 0.2) is 55.0 Å². The zero-order valence-corrected chi connectivity index (χ0v) is 19.1. The fourth-order valence-corrected chi connectivity index (χ4v) is 4.91. The van der Waals surface area contributed by atoms with Crippen LogP contribution < -0.4 is 10.2 Å². The topological polar surface area (TPSA) is 74.1 Å². The van der Waals surface area contributed by atoms with E-state index in [1.165, 1.54) is 22.2 Å². The molecule has 2 N–H and O–H groups in total. The molecule has 5 aromatic rings. The number of benzene rings is 1. The number of pyridine rings is 1. The van der Waals surface area contributed by atoms with E-state index in [-0.39, 0.29) is 0 Å². The van der Waals surface area contributed by atoms with Gasteiger partial charge in [-0.15, -0.1) is 0 Å². The molecule has 1 atom stereocenters. The van der Waals surface area contributed by atoms with Gasteiger partial charge in [-0.1, -0.05) is 18.2 Å². The number of hydrogen-bond acceptors (Lipinski definition) is 5. The van der Waals surface area contributed by atoms with Gasteiger partial charge in [0.25, 0.3) is 0 Å². The summed E-state index contributed by atoms with van der Waals surface area (Å²) in [6, 6.07) is 13.1. The maximum absolute atomic E-state index is 4.96. The number of aromatic amines is 1. The van der Waals surface area contributed by atoms with Gasteiger partial charge in [-0.2, -0.15) is 9.61 Å². The van der Waals surface area contributed by atoms with Crippen LogP contribution in [0.4, 0.5) is 11.5 Å². The van der Waals surface area contributed by atoms with Crippen molar-refractivity contribution in [2.45, 2.75) is 32.2 Å². The van der Waals surface area contributed by atoms with Crippen molar-refractivity contribution in [2.24, 2.45) is 0 Å². The van der Waals surface area contributed by atoms with E-state index in [1.54, 1.807) is 0 Å². The molecule has 4 aromatic heterocycles. The molecule has 6 rings (SSSR count). The average Bonchev–Trinajstić information content (AvgIpc) is 3.41. The minimum atomic E-state index is 0.317. The smallest absolute Gasteiger partial charge is 0.181 e. The lowest BCUT2D eigenvalue weighted by Gasteiger charge is -2.25.